The van der Waals surface area contributed by atoms with Crippen molar-refractivity contribution in [3.63, 3.8) is 0 Å². The van der Waals surface area contributed by atoms with E-state index in [0.717, 1.165) is 59.9 Å². The van der Waals surface area contributed by atoms with Gasteiger partial charge in [-0.05, 0) is 61.6 Å². The Kier molecular flexibility index (Phi) is 5.44. The second-order valence-electron chi connectivity index (χ2n) is 10.3. The topological polar surface area (TPSA) is 109 Å². The quantitative estimate of drug-likeness (QED) is 0.372. The summed E-state index contributed by atoms with van der Waals surface area (Å²) in [6.45, 7) is 3.17. The van der Waals surface area contributed by atoms with E-state index in [4.69, 9.17) is 4.74 Å². The van der Waals surface area contributed by atoms with Crippen molar-refractivity contribution in [2.45, 2.75) is 57.6 Å². The van der Waals surface area contributed by atoms with Gasteiger partial charge in [-0.3, -0.25) is 4.79 Å². The summed E-state index contributed by atoms with van der Waals surface area (Å²) in [4.78, 5) is 25.6. The number of nitrogens with one attached hydrogen (secondary N) is 3. The summed E-state index contributed by atoms with van der Waals surface area (Å²) in [5.41, 5.74) is 4.50. The highest BCUT2D eigenvalue weighted by Crippen LogP contribution is 2.44. The highest BCUT2D eigenvalue weighted by Gasteiger charge is 2.37. The first-order valence-corrected chi connectivity index (χ1v) is 12.4. The summed E-state index contributed by atoms with van der Waals surface area (Å²) in [7, 11) is 1.76. The van der Waals surface area contributed by atoms with Crippen molar-refractivity contribution in [3.05, 3.63) is 42.5 Å². The lowest BCUT2D eigenvalue weighted by Gasteiger charge is -2.28. The number of carbonyl (C=O) groups is 1. The van der Waals surface area contributed by atoms with Gasteiger partial charge in [-0.1, -0.05) is 6.92 Å². The number of hydrogen-bond donors (Lipinski definition) is 3. The maximum atomic E-state index is 13.1. The Balaban J connectivity index is 1.23. The van der Waals surface area contributed by atoms with Gasteiger partial charge >= 0.3 is 0 Å². The number of nitrogens with zero attached hydrogens (tertiary/aromatic N) is 4. The molecule has 0 bridgehead atoms. The first-order valence-electron chi connectivity index (χ1n) is 12.4. The van der Waals surface area contributed by atoms with Crippen LogP contribution in [-0.4, -0.2) is 56.3 Å². The van der Waals surface area contributed by atoms with Gasteiger partial charge in [0.05, 0.1) is 23.4 Å². The second kappa shape index (κ2) is 8.64. The smallest absolute Gasteiger partial charge is 0.255 e. The number of rotatable bonds is 7. The SMILES string of the molecule is CO[C@H]1CC[C@H](NC(=O)c2cnn3ccc(-c4c[nH]c5nc(NCC6(C)CC6)ncc45)cc23)CC1. The maximum absolute atomic E-state index is 13.1. The summed E-state index contributed by atoms with van der Waals surface area (Å²) in [5, 5.41) is 11.9. The summed E-state index contributed by atoms with van der Waals surface area (Å²) in [6.07, 6.45) is 13.9. The standard InChI is InChI=1S/C26H31N7O2/c1-26(8-9-26)15-29-25-28-13-20-19(12-27-23(20)32-25)16-7-10-33-22(11-16)21(14-30-33)24(34)31-17-3-5-18(35-2)6-4-17/h7,10-14,17-18H,3-6,8-9,15H2,1-2H3,(H,31,34)(H2,27,28,29,32)/t17-,18-. The molecule has 2 fully saturated rings. The Morgan fingerprint density at radius 2 is 2.09 bits per heavy atom. The van der Waals surface area contributed by atoms with Crippen molar-refractivity contribution in [1.82, 2.24) is 29.9 Å². The largest absolute Gasteiger partial charge is 0.381 e. The molecule has 182 valence electrons. The molecule has 9 heteroatoms. The fourth-order valence-electron chi connectivity index (χ4n) is 4.94. The van der Waals surface area contributed by atoms with E-state index in [0.29, 0.717) is 23.0 Å². The van der Waals surface area contributed by atoms with Crippen molar-refractivity contribution >= 4 is 28.4 Å². The zero-order valence-electron chi connectivity index (χ0n) is 20.2. The van der Waals surface area contributed by atoms with Gasteiger partial charge in [0.1, 0.15) is 5.65 Å². The van der Waals surface area contributed by atoms with Gasteiger partial charge in [0.15, 0.2) is 0 Å². The highest BCUT2D eigenvalue weighted by atomic mass is 16.5. The third-order valence-electron chi connectivity index (χ3n) is 7.63. The zero-order valence-corrected chi connectivity index (χ0v) is 20.2. The van der Waals surface area contributed by atoms with E-state index < -0.39 is 0 Å². The molecule has 0 saturated heterocycles. The lowest BCUT2D eigenvalue weighted by molar-refractivity contribution is 0.0599. The molecule has 2 aliphatic rings. The molecular weight excluding hydrogens is 442 g/mol. The first-order chi connectivity index (χ1) is 17.0. The van der Waals surface area contributed by atoms with Crippen LogP contribution in [0.5, 0.6) is 0 Å². The minimum atomic E-state index is -0.0830. The highest BCUT2D eigenvalue weighted by molar-refractivity contribution is 6.02. The molecule has 4 aromatic rings. The lowest BCUT2D eigenvalue weighted by atomic mass is 9.93. The van der Waals surface area contributed by atoms with Crippen molar-refractivity contribution in [3.8, 4) is 11.1 Å². The maximum Gasteiger partial charge on any atom is 0.255 e. The minimum absolute atomic E-state index is 0.0830. The van der Waals surface area contributed by atoms with Crippen molar-refractivity contribution in [2.75, 3.05) is 19.0 Å². The van der Waals surface area contributed by atoms with Gasteiger partial charge in [-0.2, -0.15) is 10.1 Å². The van der Waals surface area contributed by atoms with Crippen LogP contribution in [-0.2, 0) is 4.74 Å². The molecule has 35 heavy (non-hydrogen) atoms. The van der Waals surface area contributed by atoms with Gasteiger partial charge < -0.3 is 20.4 Å². The molecule has 2 saturated carbocycles. The predicted molar refractivity (Wildman–Crippen MR) is 134 cm³/mol. The molecule has 2 aliphatic carbocycles. The third kappa shape index (κ3) is 4.36. The van der Waals surface area contributed by atoms with Crippen LogP contribution in [0.2, 0.25) is 0 Å². The number of methoxy groups -OCH3 is 1. The van der Waals surface area contributed by atoms with Gasteiger partial charge in [0.2, 0.25) is 5.95 Å². The normalized spacial score (nSPS) is 21.3. The fourth-order valence-corrected chi connectivity index (χ4v) is 4.94. The number of hydrogen-bond acceptors (Lipinski definition) is 6. The van der Waals surface area contributed by atoms with Gasteiger partial charge in [0, 0.05) is 49.2 Å². The summed E-state index contributed by atoms with van der Waals surface area (Å²) in [5.74, 6) is 0.559. The molecule has 0 aliphatic heterocycles. The number of ether oxygens (including phenoxy) is 1. The molecule has 6 rings (SSSR count). The number of anilines is 1. The number of aromatic amines is 1. The predicted octanol–water partition coefficient (Wildman–Crippen LogP) is 4.17. The third-order valence-corrected chi connectivity index (χ3v) is 7.63. The Labute approximate surface area is 203 Å². The fraction of sp³-hybridized carbons (Fsp3) is 0.462. The molecular formula is C26H31N7O2. The van der Waals surface area contributed by atoms with Crippen LogP contribution in [0.4, 0.5) is 5.95 Å². The molecule has 0 unspecified atom stereocenters. The molecule has 1 amide bonds. The molecule has 3 N–H and O–H groups in total. The van der Waals surface area contributed by atoms with Gasteiger partial charge in [-0.25, -0.2) is 9.50 Å². The Morgan fingerprint density at radius 1 is 1.26 bits per heavy atom. The average molecular weight is 474 g/mol. The number of H-pyrrole nitrogens is 1. The van der Waals surface area contributed by atoms with Crippen LogP contribution in [0.3, 0.4) is 0 Å². The van der Waals surface area contributed by atoms with E-state index in [1.54, 1.807) is 17.8 Å². The van der Waals surface area contributed by atoms with E-state index in [1.807, 2.05) is 30.7 Å². The van der Waals surface area contributed by atoms with E-state index >= 15 is 0 Å². The van der Waals surface area contributed by atoms with E-state index in [1.165, 1.54) is 12.8 Å². The number of carbonyl (C=O) groups excluding carboxylic acids is 1. The molecule has 9 nitrogen and oxygen atoms in total. The number of aromatic nitrogens is 5. The Hall–Kier alpha value is -3.46. The second-order valence-corrected chi connectivity index (χ2v) is 10.3. The zero-order chi connectivity index (χ0) is 24.0. The number of fused-ring (bicyclic) bond motifs is 2. The molecule has 4 aromatic heterocycles. The van der Waals surface area contributed by atoms with Crippen molar-refractivity contribution in [1.29, 1.82) is 0 Å². The summed E-state index contributed by atoms with van der Waals surface area (Å²) < 4.78 is 7.19. The lowest BCUT2D eigenvalue weighted by Crippen LogP contribution is -2.38. The van der Waals surface area contributed by atoms with E-state index in [2.05, 4.69) is 37.6 Å². The van der Waals surface area contributed by atoms with Gasteiger partial charge in [-0.15, -0.1) is 0 Å². The summed E-state index contributed by atoms with van der Waals surface area (Å²) in [6, 6.07) is 4.17. The number of pyridine rings is 1. The Morgan fingerprint density at radius 3 is 2.86 bits per heavy atom. The molecule has 0 atom stereocenters. The van der Waals surface area contributed by atoms with Crippen LogP contribution in [0.25, 0.3) is 27.7 Å². The van der Waals surface area contributed by atoms with Crippen molar-refractivity contribution in [2.24, 2.45) is 5.41 Å². The minimum Gasteiger partial charge on any atom is -0.381 e. The molecule has 0 aromatic carbocycles. The Bertz CT molecular complexity index is 1380. The summed E-state index contributed by atoms with van der Waals surface area (Å²) >= 11 is 0. The van der Waals surface area contributed by atoms with E-state index in [9.17, 15) is 4.79 Å². The van der Waals surface area contributed by atoms with Crippen LogP contribution in [0, 0.1) is 5.41 Å². The van der Waals surface area contributed by atoms with Gasteiger partial charge in [0.25, 0.3) is 5.91 Å². The van der Waals surface area contributed by atoms with Crippen LogP contribution < -0.4 is 10.6 Å². The van der Waals surface area contributed by atoms with E-state index in [-0.39, 0.29) is 11.9 Å². The average Bonchev–Trinajstić information content (AvgIpc) is 3.28. The molecule has 4 heterocycles. The van der Waals surface area contributed by atoms with Crippen LogP contribution >= 0.6 is 0 Å². The molecule has 0 radical (unpaired) electrons. The number of amides is 1. The first kappa shape index (κ1) is 22.0. The van der Waals surface area contributed by atoms with Crippen LogP contribution in [0.15, 0.2) is 36.9 Å². The monoisotopic (exact) mass is 473 g/mol. The van der Waals surface area contributed by atoms with Crippen molar-refractivity contribution < 1.29 is 9.53 Å². The molecule has 0 spiro atoms. The van der Waals surface area contributed by atoms with Crippen LogP contribution in [0.1, 0.15) is 55.8 Å².